The molecule has 3 rings (SSSR count). The molecule has 1 aromatic carbocycles. The molecule has 0 atom stereocenters. The number of carbonyl (C=O) groups is 2. The smallest absolute Gasteiger partial charge is 0.264 e. The quantitative estimate of drug-likeness (QED) is 0.874. The van der Waals surface area contributed by atoms with E-state index in [1.807, 2.05) is 39.4 Å². The number of amides is 2. The Balaban J connectivity index is 1.53. The highest BCUT2D eigenvalue weighted by atomic mass is 32.1. The lowest BCUT2D eigenvalue weighted by molar-refractivity contribution is -0.131. The van der Waals surface area contributed by atoms with E-state index < -0.39 is 0 Å². The minimum atomic E-state index is 0.0608. The minimum absolute atomic E-state index is 0.0608. The zero-order chi connectivity index (χ0) is 16.2. The van der Waals surface area contributed by atoms with Gasteiger partial charge in [0.25, 0.3) is 5.91 Å². The third-order valence-corrected chi connectivity index (χ3v) is 4.84. The van der Waals surface area contributed by atoms with Crippen LogP contribution in [-0.2, 0) is 11.2 Å². The second kappa shape index (κ2) is 6.83. The van der Waals surface area contributed by atoms with Crippen LogP contribution in [0.5, 0.6) is 0 Å². The Morgan fingerprint density at radius 3 is 2.26 bits per heavy atom. The van der Waals surface area contributed by atoms with Crippen molar-refractivity contribution in [1.29, 1.82) is 0 Å². The molecule has 5 nitrogen and oxygen atoms in total. The van der Waals surface area contributed by atoms with Crippen molar-refractivity contribution in [3.8, 4) is 0 Å². The van der Waals surface area contributed by atoms with Crippen molar-refractivity contribution < 1.29 is 9.59 Å². The predicted molar refractivity (Wildman–Crippen MR) is 91.4 cm³/mol. The van der Waals surface area contributed by atoms with Crippen molar-refractivity contribution in [1.82, 2.24) is 9.80 Å². The van der Waals surface area contributed by atoms with Gasteiger partial charge in [0.15, 0.2) is 0 Å². The lowest BCUT2D eigenvalue weighted by Crippen LogP contribution is -2.50. The Labute approximate surface area is 139 Å². The van der Waals surface area contributed by atoms with Gasteiger partial charge in [0, 0.05) is 31.9 Å². The summed E-state index contributed by atoms with van der Waals surface area (Å²) in [6, 6.07) is 11.1. The van der Waals surface area contributed by atoms with E-state index in [1.54, 1.807) is 12.1 Å². The third kappa shape index (κ3) is 3.71. The number of benzene rings is 1. The highest BCUT2D eigenvalue weighted by Crippen LogP contribution is 2.15. The highest BCUT2D eigenvalue weighted by Gasteiger charge is 2.25. The predicted octanol–water partition coefficient (Wildman–Crippen LogP) is 1.86. The first-order valence-electron chi connectivity index (χ1n) is 7.58. The van der Waals surface area contributed by atoms with Crippen LogP contribution in [-0.4, -0.2) is 47.8 Å². The first-order chi connectivity index (χ1) is 11.1. The maximum atomic E-state index is 12.4. The van der Waals surface area contributed by atoms with Crippen molar-refractivity contribution in [3.05, 3.63) is 52.2 Å². The standard InChI is InChI=1S/C17H19N3O2S/c18-14-5-3-13(4-6-14)12-16(21)19-7-9-20(10-8-19)17(22)15-2-1-11-23-15/h1-6,11H,7-10,12,18H2. The van der Waals surface area contributed by atoms with Gasteiger partial charge in [-0.25, -0.2) is 0 Å². The summed E-state index contributed by atoms with van der Waals surface area (Å²) >= 11 is 1.45. The Hall–Kier alpha value is -2.34. The zero-order valence-corrected chi connectivity index (χ0v) is 13.6. The summed E-state index contributed by atoms with van der Waals surface area (Å²) in [6.45, 7) is 2.35. The maximum absolute atomic E-state index is 12.4. The largest absolute Gasteiger partial charge is 0.399 e. The van der Waals surface area contributed by atoms with Crippen LogP contribution in [0.1, 0.15) is 15.2 Å². The Morgan fingerprint density at radius 1 is 1.00 bits per heavy atom. The SMILES string of the molecule is Nc1ccc(CC(=O)N2CCN(C(=O)c3cccs3)CC2)cc1. The molecule has 0 spiro atoms. The molecule has 6 heteroatoms. The summed E-state index contributed by atoms with van der Waals surface area (Å²) in [7, 11) is 0. The van der Waals surface area contributed by atoms with Crippen molar-refractivity contribution in [3.63, 3.8) is 0 Å². The van der Waals surface area contributed by atoms with Crippen molar-refractivity contribution in [2.75, 3.05) is 31.9 Å². The van der Waals surface area contributed by atoms with Crippen molar-refractivity contribution >= 4 is 28.8 Å². The van der Waals surface area contributed by atoms with E-state index in [4.69, 9.17) is 5.73 Å². The lowest BCUT2D eigenvalue weighted by Gasteiger charge is -2.34. The number of hydrogen-bond acceptors (Lipinski definition) is 4. The molecule has 1 aromatic heterocycles. The van der Waals surface area contributed by atoms with Gasteiger partial charge in [-0.05, 0) is 29.1 Å². The monoisotopic (exact) mass is 329 g/mol. The van der Waals surface area contributed by atoms with Gasteiger partial charge in [0.05, 0.1) is 11.3 Å². The second-order valence-electron chi connectivity index (χ2n) is 5.57. The van der Waals surface area contributed by atoms with E-state index in [1.165, 1.54) is 11.3 Å². The van der Waals surface area contributed by atoms with Gasteiger partial charge >= 0.3 is 0 Å². The maximum Gasteiger partial charge on any atom is 0.264 e. The summed E-state index contributed by atoms with van der Waals surface area (Å²) in [5.41, 5.74) is 7.31. The van der Waals surface area contributed by atoms with Crippen LogP contribution in [0.2, 0.25) is 0 Å². The first kappa shape index (κ1) is 15.6. The average Bonchev–Trinajstić information content (AvgIpc) is 3.11. The normalized spacial score (nSPS) is 14.8. The van der Waals surface area contributed by atoms with E-state index in [0.29, 0.717) is 38.3 Å². The summed E-state index contributed by atoms with van der Waals surface area (Å²) < 4.78 is 0. The number of hydrogen-bond donors (Lipinski definition) is 1. The number of rotatable bonds is 3. The number of anilines is 1. The molecule has 1 fully saturated rings. The molecular weight excluding hydrogens is 310 g/mol. The molecule has 120 valence electrons. The minimum Gasteiger partial charge on any atom is -0.399 e. The zero-order valence-electron chi connectivity index (χ0n) is 12.8. The van der Waals surface area contributed by atoms with Crippen LogP contribution < -0.4 is 5.73 Å². The molecule has 23 heavy (non-hydrogen) atoms. The molecule has 1 saturated heterocycles. The fraction of sp³-hybridized carbons (Fsp3) is 0.294. The van der Waals surface area contributed by atoms with Gasteiger partial charge in [-0.15, -0.1) is 11.3 Å². The number of nitrogens with two attached hydrogens (primary N) is 1. The molecule has 0 saturated carbocycles. The lowest BCUT2D eigenvalue weighted by atomic mass is 10.1. The van der Waals surface area contributed by atoms with E-state index in [0.717, 1.165) is 10.4 Å². The van der Waals surface area contributed by atoms with Gasteiger partial charge in [0.1, 0.15) is 0 Å². The summed E-state index contributed by atoms with van der Waals surface area (Å²) in [5.74, 6) is 0.156. The number of nitrogens with zero attached hydrogens (tertiary/aromatic N) is 2. The second-order valence-corrected chi connectivity index (χ2v) is 6.52. The molecule has 2 N–H and O–H groups in total. The number of carbonyl (C=O) groups excluding carboxylic acids is 2. The Morgan fingerprint density at radius 2 is 1.65 bits per heavy atom. The fourth-order valence-corrected chi connectivity index (χ4v) is 3.33. The summed E-state index contributed by atoms with van der Waals surface area (Å²) in [5, 5.41) is 1.90. The number of thiophene rings is 1. The first-order valence-corrected chi connectivity index (χ1v) is 8.46. The van der Waals surface area contributed by atoms with Crippen LogP contribution in [0.25, 0.3) is 0 Å². The highest BCUT2D eigenvalue weighted by molar-refractivity contribution is 7.12. The van der Waals surface area contributed by atoms with Crippen LogP contribution in [0.15, 0.2) is 41.8 Å². The van der Waals surface area contributed by atoms with Gasteiger partial charge in [0.2, 0.25) is 5.91 Å². The van der Waals surface area contributed by atoms with Gasteiger partial charge in [-0.2, -0.15) is 0 Å². The van der Waals surface area contributed by atoms with Crippen LogP contribution in [0.3, 0.4) is 0 Å². The Bertz CT molecular complexity index is 674. The van der Waals surface area contributed by atoms with E-state index in [9.17, 15) is 9.59 Å². The fourth-order valence-electron chi connectivity index (χ4n) is 2.64. The van der Waals surface area contributed by atoms with Gasteiger partial charge in [-0.1, -0.05) is 18.2 Å². The van der Waals surface area contributed by atoms with E-state index in [2.05, 4.69) is 0 Å². The molecule has 1 aliphatic heterocycles. The molecule has 0 aliphatic carbocycles. The van der Waals surface area contributed by atoms with Gasteiger partial charge in [-0.3, -0.25) is 9.59 Å². The van der Waals surface area contributed by atoms with Crippen LogP contribution >= 0.6 is 11.3 Å². The van der Waals surface area contributed by atoms with E-state index >= 15 is 0 Å². The average molecular weight is 329 g/mol. The number of nitrogen functional groups attached to an aromatic ring is 1. The van der Waals surface area contributed by atoms with E-state index in [-0.39, 0.29) is 11.8 Å². The van der Waals surface area contributed by atoms with Crippen molar-refractivity contribution in [2.45, 2.75) is 6.42 Å². The molecule has 0 bridgehead atoms. The van der Waals surface area contributed by atoms with Crippen LogP contribution in [0, 0.1) is 0 Å². The number of piperazine rings is 1. The van der Waals surface area contributed by atoms with Crippen molar-refractivity contribution in [2.24, 2.45) is 0 Å². The topological polar surface area (TPSA) is 66.6 Å². The molecule has 2 aromatic rings. The summed E-state index contributed by atoms with van der Waals surface area (Å²) in [4.78, 5) is 29.0. The molecular formula is C17H19N3O2S. The molecule has 2 amide bonds. The molecule has 2 heterocycles. The van der Waals surface area contributed by atoms with Crippen LogP contribution in [0.4, 0.5) is 5.69 Å². The van der Waals surface area contributed by atoms with Gasteiger partial charge < -0.3 is 15.5 Å². The third-order valence-electron chi connectivity index (χ3n) is 3.99. The molecule has 0 unspecified atom stereocenters. The summed E-state index contributed by atoms with van der Waals surface area (Å²) in [6.07, 6.45) is 0.374. The molecule has 0 radical (unpaired) electrons. The molecule has 1 aliphatic rings. The Kier molecular flexibility index (Phi) is 4.62.